The summed E-state index contributed by atoms with van der Waals surface area (Å²) in [5, 5.41) is 20.9. The molecule has 21 heavy (non-hydrogen) atoms. The molecule has 0 saturated heterocycles. The summed E-state index contributed by atoms with van der Waals surface area (Å²) >= 11 is 0. The first-order valence-corrected chi connectivity index (χ1v) is 6.94. The van der Waals surface area contributed by atoms with Crippen LogP contribution in [0.5, 0.6) is 0 Å². The number of aryl methyl sites for hydroxylation is 2. The van der Waals surface area contributed by atoms with E-state index in [0.29, 0.717) is 18.0 Å². The number of nitrogens with zero attached hydrogens (tertiary/aromatic N) is 5. The van der Waals surface area contributed by atoms with Crippen LogP contribution >= 0.6 is 0 Å². The Balaban J connectivity index is 2.23. The molecule has 0 bridgehead atoms. The van der Waals surface area contributed by atoms with E-state index in [-0.39, 0.29) is 0 Å². The molecule has 0 atom stereocenters. The lowest BCUT2D eigenvalue weighted by Crippen LogP contribution is -2.10. The quantitative estimate of drug-likeness (QED) is 0.932. The van der Waals surface area contributed by atoms with Crippen LogP contribution < -0.4 is 5.32 Å². The molecule has 2 aromatic rings. The lowest BCUT2D eigenvalue weighted by molar-refractivity contribution is 0.692. The van der Waals surface area contributed by atoms with Gasteiger partial charge in [-0.15, -0.1) is 10.2 Å². The third-order valence-corrected chi connectivity index (χ3v) is 3.39. The molecule has 0 aliphatic carbocycles. The van der Waals surface area contributed by atoms with E-state index in [1.54, 1.807) is 0 Å². The van der Waals surface area contributed by atoms with Gasteiger partial charge in [-0.3, -0.25) is 4.98 Å². The molecule has 0 saturated carbocycles. The van der Waals surface area contributed by atoms with Gasteiger partial charge in [0, 0.05) is 18.7 Å². The topological polar surface area (TPSA) is 79.4 Å². The second-order valence-electron chi connectivity index (χ2n) is 5.43. The minimum absolute atomic E-state index is 0.330. The summed E-state index contributed by atoms with van der Waals surface area (Å²) in [5.41, 5.74) is 2.99. The number of pyridine rings is 1. The van der Waals surface area contributed by atoms with E-state index in [4.69, 9.17) is 0 Å². The smallest absolute Gasteiger partial charge is 0.152 e. The highest BCUT2D eigenvalue weighted by molar-refractivity contribution is 5.59. The van der Waals surface area contributed by atoms with E-state index in [2.05, 4.69) is 40.4 Å². The van der Waals surface area contributed by atoms with Crippen molar-refractivity contribution in [3.8, 4) is 6.07 Å². The molecule has 0 spiro atoms. The first-order valence-electron chi connectivity index (χ1n) is 6.94. The van der Waals surface area contributed by atoms with Crippen LogP contribution in [0, 0.1) is 25.2 Å². The number of rotatable bonds is 4. The Morgan fingerprint density at radius 2 is 2.05 bits per heavy atom. The van der Waals surface area contributed by atoms with Gasteiger partial charge in [-0.25, -0.2) is 0 Å². The monoisotopic (exact) mass is 284 g/mol. The average molecular weight is 284 g/mol. The maximum absolute atomic E-state index is 9.26. The molecule has 1 N–H and O–H groups in total. The van der Waals surface area contributed by atoms with E-state index < -0.39 is 0 Å². The predicted molar refractivity (Wildman–Crippen MR) is 80.8 cm³/mol. The van der Waals surface area contributed by atoms with Gasteiger partial charge in [0.2, 0.25) is 0 Å². The molecule has 110 valence electrons. The highest BCUT2D eigenvalue weighted by atomic mass is 15.3. The molecule has 2 heterocycles. The molecule has 2 rings (SSSR count). The van der Waals surface area contributed by atoms with Crippen LogP contribution in [-0.4, -0.2) is 19.7 Å². The molecule has 6 nitrogen and oxygen atoms in total. The molecule has 0 amide bonds. The predicted octanol–water partition coefficient (Wildman–Crippen LogP) is 2.43. The number of nitriles is 1. The zero-order chi connectivity index (χ0) is 15.6. The molecular formula is C15H20N6. The van der Waals surface area contributed by atoms with Crippen LogP contribution in [0.4, 0.5) is 5.69 Å². The molecule has 0 radical (unpaired) electrons. The SMILES string of the molecule is Cc1cc(NCc2nnc(C(C)C)n2C)c(C#N)c(C)n1. The molecule has 0 aliphatic heterocycles. The minimum Gasteiger partial charge on any atom is -0.377 e. The van der Waals surface area contributed by atoms with Crippen molar-refractivity contribution in [2.75, 3.05) is 5.32 Å². The number of hydrogen-bond donors (Lipinski definition) is 1. The van der Waals surface area contributed by atoms with Gasteiger partial charge in [-0.2, -0.15) is 5.26 Å². The maximum atomic E-state index is 9.26. The van der Waals surface area contributed by atoms with Crippen LogP contribution in [0.1, 0.15) is 48.4 Å². The Kier molecular flexibility index (Phi) is 4.22. The number of aromatic nitrogens is 4. The number of nitrogens with one attached hydrogen (secondary N) is 1. The molecule has 0 unspecified atom stereocenters. The lowest BCUT2D eigenvalue weighted by atomic mass is 10.1. The van der Waals surface area contributed by atoms with E-state index >= 15 is 0 Å². The first kappa shape index (κ1) is 15.0. The van der Waals surface area contributed by atoms with Crippen molar-refractivity contribution in [2.24, 2.45) is 7.05 Å². The molecular weight excluding hydrogens is 264 g/mol. The summed E-state index contributed by atoms with van der Waals surface area (Å²) in [4.78, 5) is 4.31. The van der Waals surface area contributed by atoms with Crippen molar-refractivity contribution >= 4 is 5.69 Å². The number of hydrogen-bond acceptors (Lipinski definition) is 5. The first-order chi connectivity index (χ1) is 9.93. The van der Waals surface area contributed by atoms with E-state index in [9.17, 15) is 5.26 Å². The fraction of sp³-hybridized carbons (Fsp3) is 0.467. The lowest BCUT2D eigenvalue weighted by Gasteiger charge is -2.11. The van der Waals surface area contributed by atoms with Gasteiger partial charge in [0.15, 0.2) is 5.82 Å². The Morgan fingerprint density at radius 3 is 2.62 bits per heavy atom. The Labute approximate surface area is 124 Å². The fourth-order valence-electron chi connectivity index (χ4n) is 2.32. The van der Waals surface area contributed by atoms with E-state index in [1.807, 2.05) is 31.5 Å². The zero-order valence-corrected chi connectivity index (χ0v) is 13.1. The Bertz CT molecular complexity index is 693. The van der Waals surface area contributed by atoms with Gasteiger partial charge in [0.25, 0.3) is 0 Å². The van der Waals surface area contributed by atoms with Gasteiger partial charge in [0.1, 0.15) is 11.9 Å². The third kappa shape index (κ3) is 3.02. The molecule has 2 aromatic heterocycles. The standard InChI is InChI=1S/C15H20N6/c1-9(2)15-20-19-14(21(15)5)8-17-13-6-10(3)18-11(4)12(13)7-16/h6,9H,8H2,1-5H3,(H,17,18). The number of anilines is 1. The van der Waals surface area contributed by atoms with Crippen LogP contribution in [-0.2, 0) is 13.6 Å². The Hall–Kier alpha value is -2.42. The van der Waals surface area contributed by atoms with Gasteiger partial charge in [-0.05, 0) is 19.9 Å². The normalized spacial score (nSPS) is 10.7. The highest BCUT2D eigenvalue weighted by Gasteiger charge is 2.13. The molecule has 0 aliphatic rings. The molecule has 6 heteroatoms. The summed E-state index contributed by atoms with van der Waals surface area (Å²) in [6.45, 7) is 8.46. The van der Waals surface area contributed by atoms with Crippen molar-refractivity contribution in [1.82, 2.24) is 19.7 Å². The van der Waals surface area contributed by atoms with Gasteiger partial charge < -0.3 is 9.88 Å². The van der Waals surface area contributed by atoms with Crippen molar-refractivity contribution in [2.45, 2.75) is 40.2 Å². The highest BCUT2D eigenvalue weighted by Crippen LogP contribution is 2.19. The van der Waals surface area contributed by atoms with Crippen molar-refractivity contribution in [1.29, 1.82) is 5.26 Å². The third-order valence-electron chi connectivity index (χ3n) is 3.39. The average Bonchev–Trinajstić information content (AvgIpc) is 2.77. The molecule has 0 aromatic carbocycles. The summed E-state index contributed by atoms with van der Waals surface area (Å²) < 4.78 is 1.99. The summed E-state index contributed by atoms with van der Waals surface area (Å²) in [5.74, 6) is 2.13. The van der Waals surface area contributed by atoms with Crippen LogP contribution in [0.3, 0.4) is 0 Å². The minimum atomic E-state index is 0.330. The van der Waals surface area contributed by atoms with Crippen LogP contribution in [0.2, 0.25) is 0 Å². The Morgan fingerprint density at radius 1 is 1.33 bits per heavy atom. The second kappa shape index (κ2) is 5.92. The van der Waals surface area contributed by atoms with E-state index in [0.717, 1.165) is 28.7 Å². The summed E-state index contributed by atoms with van der Waals surface area (Å²) in [7, 11) is 1.96. The van der Waals surface area contributed by atoms with Crippen molar-refractivity contribution in [3.63, 3.8) is 0 Å². The van der Waals surface area contributed by atoms with Crippen LogP contribution in [0.15, 0.2) is 6.07 Å². The van der Waals surface area contributed by atoms with Crippen LogP contribution in [0.25, 0.3) is 0 Å². The second-order valence-corrected chi connectivity index (χ2v) is 5.43. The zero-order valence-electron chi connectivity index (χ0n) is 13.1. The van der Waals surface area contributed by atoms with Crippen molar-refractivity contribution in [3.05, 3.63) is 34.7 Å². The van der Waals surface area contributed by atoms with E-state index in [1.165, 1.54) is 0 Å². The maximum Gasteiger partial charge on any atom is 0.152 e. The molecule has 0 fully saturated rings. The summed E-state index contributed by atoms with van der Waals surface area (Å²) in [6, 6.07) is 4.08. The fourth-order valence-corrected chi connectivity index (χ4v) is 2.32. The van der Waals surface area contributed by atoms with Gasteiger partial charge in [-0.1, -0.05) is 13.8 Å². The van der Waals surface area contributed by atoms with Gasteiger partial charge >= 0.3 is 0 Å². The van der Waals surface area contributed by atoms with Crippen molar-refractivity contribution < 1.29 is 0 Å². The van der Waals surface area contributed by atoms with Gasteiger partial charge in [0.05, 0.1) is 23.5 Å². The summed E-state index contributed by atoms with van der Waals surface area (Å²) in [6.07, 6.45) is 0. The largest absolute Gasteiger partial charge is 0.377 e.